The number of aromatic amines is 2. The van der Waals surface area contributed by atoms with E-state index in [2.05, 4.69) is 80.7 Å². The summed E-state index contributed by atoms with van der Waals surface area (Å²) in [4.78, 5) is 7.23. The topological polar surface area (TPSA) is 63.8 Å². The monoisotopic (exact) mass is 488 g/mol. The molecule has 34 heavy (non-hydrogen) atoms. The van der Waals surface area contributed by atoms with Gasteiger partial charge >= 0.3 is 0 Å². The van der Waals surface area contributed by atoms with Gasteiger partial charge in [0, 0.05) is 37.3 Å². The highest BCUT2D eigenvalue weighted by atomic mass is 33.1. The second kappa shape index (κ2) is 9.80. The van der Waals surface area contributed by atoms with Crippen molar-refractivity contribution < 1.29 is 0 Å². The van der Waals surface area contributed by atoms with E-state index in [0.29, 0.717) is 0 Å². The van der Waals surface area contributed by atoms with Crippen molar-refractivity contribution >= 4 is 33.2 Å². The van der Waals surface area contributed by atoms with Crippen molar-refractivity contribution in [3.63, 3.8) is 0 Å². The molecule has 0 saturated carbocycles. The van der Waals surface area contributed by atoms with Gasteiger partial charge in [0.2, 0.25) is 0 Å². The van der Waals surface area contributed by atoms with Crippen LogP contribution >= 0.6 is 21.6 Å². The van der Waals surface area contributed by atoms with Crippen LogP contribution in [0, 0.1) is 0 Å². The van der Waals surface area contributed by atoms with E-state index in [9.17, 15) is 0 Å². The van der Waals surface area contributed by atoms with E-state index in [-0.39, 0.29) is 0 Å². The molecule has 4 aromatic rings. The van der Waals surface area contributed by atoms with Crippen molar-refractivity contribution in [2.45, 2.75) is 35.5 Å². The molecule has 0 bridgehead atoms. The number of H-pyrrole nitrogens is 2. The summed E-state index contributed by atoms with van der Waals surface area (Å²) in [6.45, 7) is 4.27. The van der Waals surface area contributed by atoms with E-state index >= 15 is 0 Å². The van der Waals surface area contributed by atoms with Gasteiger partial charge in [0.05, 0.1) is 21.2 Å². The summed E-state index contributed by atoms with van der Waals surface area (Å²) in [5.74, 6) is 2.14. The van der Waals surface area contributed by atoms with Gasteiger partial charge in [-0.1, -0.05) is 60.7 Å². The Bertz CT molecular complexity index is 1130. The van der Waals surface area contributed by atoms with Crippen LogP contribution in [0.4, 0.5) is 11.6 Å². The van der Waals surface area contributed by atoms with Crippen molar-refractivity contribution in [3.05, 3.63) is 60.7 Å². The van der Waals surface area contributed by atoms with Crippen LogP contribution in [0.2, 0.25) is 0 Å². The lowest BCUT2D eigenvalue weighted by atomic mass is 10.1. The van der Waals surface area contributed by atoms with Gasteiger partial charge in [-0.05, 0) is 47.3 Å². The Labute approximate surface area is 207 Å². The van der Waals surface area contributed by atoms with Crippen molar-refractivity contribution in [3.8, 4) is 22.5 Å². The van der Waals surface area contributed by atoms with Gasteiger partial charge in [0.15, 0.2) is 11.6 Å². The normalized spacial score (nSPS) is 16.0. The lowest BCUT2D eigenvalue weighted by molar-refractivity contribution is 0.911. The van der Waals surface area contributed by atoms with Gasteiger partial charge in [-0.3, -0.25) is 10.2 Å². The summed E-state index contributed by atoms with van der Waals surface area (Å²) in [5, 5.41) is 16.3. The third kappa shape index (κ3) is 4.20. The van der Waals surface area contributed by atoms with Gasteiger partial charge in [-0.15, -0.1) is 0 Å². The largest absolute Gasteiger partial charge is 0.354 e. The van der Waals surface area contributed by atoms with Crippen molar-refractivity contribution in [1.82, 2.24) is 20.4 Å². The number of hydrogen-bond acceptors (Lipinski definition) is 6. The zero-order valence-electron chi connectivity index (χ0n) is 19.0. The van der Waals surface area contributed by atoms with Gasteiger partial charge in [0.1, 0.15) is 0 Å². The van der Waals surface area contributed by atoms with Crippen molar-refractivity contribution in [1.29, 1.82) is 0 Å². The first kappa shape index (κ1) is 21.7. The Kier molecular flexibility index (Phi) is 6.25. The van der Waals surface area contributed by atoms with Crippen LogP contribution in [0.15, 0.2) is 70.5 Å². The molecule has 0 radical (unpaired) electrons. The molecule has 8 heteroatoms. The Hall–Kier alpha value is -2.84. The highest BCUT2D eigenvalue weighted by molar-refractivity contribution is 8.76. The fourth-order valence-corrected chi connectivity index (χ4v) is 7.38. The van der Waals surface area contributed by atoms with E-state index in [0.717, 1.165) is 49.2 Å². The Morgan fingerprint density at radius 1 is 0.559 bits per heavy atom. The van der Waals surface area contributed by atoms with Crippen LogP contribution in [0.5, 0.6) is 0 Å². The Morgan fingerprint density at radius 2 is 0.941 bits per heavy atom. The van der Waals surface area contributed by atoms with Crippen LogP contribution in [-0.2, 0) is 0 Å². The maximum Gasteiger partial charge on any atom is 0.165 e. The molecular weight excluding hydrogens is 460 g/mol. The minimum absolute atomic E-state index is 1.07. The molecule has 0 spiro atoms. The van der Waals surface area contributed by atoms with Crippen LogP contribution in [0.3, 0.4) is 0 Å². The third-order valence-corrected chi connectivity index (χ3v) is 8.99. The Balaban J connectivity index is 1.38. The second-order valence-corrected chi connectivity index (χ2v) is 10.9. The minimum atomic E-state index is 1.07. The van der Waals surface area contributed by atoms with Crippen LogP contribution < -0.4 is 9.80 Å². The maximum absolute atomic E-state index is 4.79. The third-order valence-electron chi connectivity index (χ3n) is 6.55. The average Bonchev–Trinajstić information content (AvgIpc) is 3.69. The number of benzene rings is 2. The van der Waals surface area contributed by atoms with Gasteiger partial charge in [-0.2, -0.15) is 10.2 Å². The molecule has 0 amide bonds. The highest BCUT2D eigenvalue weighted by Crippen LogP contribution is 2.51. The lowest BCUT2D eigenvalue weighted by Gasteiger charge is -2.18. The molecule has 0 atom stereocenters. The van der Waals surface area contributed by atoms with E-state index in [1.165, 1.54) is 46.6 Å². The van der Waals surface area contributed by atoms with Crippen LogP contribution in [0.1, 0.15) is 25.7 Å². The first-order chi connectivity index (χ1) is 16.9. The van der Waals surface area contributed by atoms with Gasteiger partial charge in [-0.25, -0.2) is 0 Å². The lowest BCUT2D eigenvalue weighted by Crippen LogP contribution is -2.18. The molecule has 2 aliphatic rings. The molecule has 0 unspecified atom stereocenters. The Morgan fingerprint density at radius 3 is 1.32 bits per heavy atom. The molecule has 6 nitrogen and oxygen atoms in total. The molecule has 2 N–H and O–H groups in total. The fourth-order valence-electron chi connectivity index (χ4n) is 4.77. The number of aromatic nitrogens is 4. The van der Waals surface area contributed by atoms with E-state index in [4.69, 9.17) is 10.2 Å². The zero-order valence-corrected chi connectivity index (χ0v) is 20.7. The molecular formula is C26H28N6S2. The maximum atomic E-state index is 4.79. The summed E-state index contributed by atoms with van der Waals surface area (Å²) in [6.07, 6.45) is 4.90. The standard InChI is InChI=1S/C26H28N6S2/c1-3-11-19(12-4-1)21-23(25(29-27-21)31-15-7-8-16-31)33-34-24-22(20-13-5-2-6-14-20)28-30-26(24)32-17-9-10-18-32/h1-6,11-14H,7-10,15-18H2,(H,27,29)(H,28,30). The molecule has 174 valence electrons. The number of anilines is 2. The van der Waals surface area contributed by atoms with Gasteiger partial charge in [0.25, 0.3) is 0 Å². The second-order valence-electron chi connectivity index (χ2n) is 8.79. The number of nitrogens with one attached hydrogen (secondary N) is 2. The van der Waals surface area contributed by atoms with Crippen molar-refractivity contribution in [2.75, 3.05) is 36.0 Å². The summed E-state index contributed by atoms with van der Waals surface area (Å²) in [6, 6.07) is 21.1. The van der Waals surface area contributed by atoms with Crippen LogP contribution in [-0.4, -0.2) is 46.6 Å². The van der Waals surface area contributed by atoms with E-state index < -0.39 is 0 Å². The number of rotatable bonds is 7. The quantitative estimate of drug-likeness (QED) is 0.291. The summed E-state index contributed by atoms with van der Waals surface area (Å²) in [5.41, 5.74) is 4.51. The molecule has 2 fully saturated rings. The summed E-state index contributed by atoms with van der Waals surface area (Å²) >= 11 is 0. The molecule has 4 heterocycles. The molecule has 2 aliphatic heterocycles. The smallest absolute Gasteiger partial charge is 0.165 e. The van der Waals surface area contributed by atoms with Crippen molar-refractivity contribution in [2.24, 2.45) is 0 Å². The van der Waals surface area contributed by atoms with Crippen LogP contribution in [0.25, 0.3) is 22.5 Å². The minimum Gasteiger partial charge on any atom is -0.354 e. The molecule has 2 aromatic heterocycles. The van der Waals surface area contributed by atoms with Gasteiger partial charge < -0.3 is 9.80 Å². The zero-order chi connectivity index (χ0) is 22.7. The molecule has 0 aliphatic carbocycles. The highest BCUT2D eigenvalue weighted by Gasteiger charge is 2.27. The summed E-state index contributed by atoms with van der Waals surface area (Å²) in [7, 11) is 3.59. The number of hydrogen-bond donors (Lipinski definition) is 2. The fraction of sp³-hybridized carbons (Fsp3) is 0.308. The first-order valence-electron chi connectivity index (χ1n) is 12.0. The van der Waals surface area contributed by atoms with E-state index in [1.54, 1.807) is 21.6 Å². The molecule has 2 aromatic carbocycles. The average molecular weight is 489 g/mol. The SMILES string of the molecule is c1ccc(-c2[nH]nc(N3CCCC3)c2SSc2c(N3CCCC3)n[nH]c2-c2ccccc2)cc1. The predicted molar refractivity (Wildman–Crippen MR) is 143 cm³/mol. The summed E-state index contributed by atoms with van der Waals surface area (Å²) < 4.78 is 0. The first-order valence-corrected chi connectivity index (χ1v) is 14.2. The van der Waals surface area contributed by atoms with E-state index in [1.807, 2.05) is 0 Å². The number of nitrogens with zero attached hydrogens (tertiary/aromatic N) is 4. The molecule has 6 rings (SSSR count). The molecule has 2 saturated heterocycles. The predicted octanol–water partition coefficient (Wildman–Crippen LogP) is 6.47.